The van der Waals surface area contributed by atoms with E-state index < -0.39 is 5.41 Å². The number of rotatable bonds is 6. The van der Waals surface area contributed by atoms with E-state index in [1.165, 1.54) is 6.07 Å². The molecule has 0 radical (unpaired) electrons. The van der Waals surface area contributed by atoms with Gasteiger partial charge in [-0.1, -0.05) is 25.1 Å². The van der Waals surface area contributed by atoms with E-state index in [0.717, 1.165) is 0 Å². The number of benzene rings is 1. The van der Waals surface area contributed by atoms with Gasteiger partial charge in [0.15, 0.2) is 0 Å². The van der Waals surface area contributed by atoms with Crippen molar-refractivity contribution in [3.05, 3.63) is 35.6 Å². The van der Waals surface area contributed by atoms with Crippen LogP contribution in [0, 0.1) is 11.7 Å². The number of hydrogen-bond acceptors (Lipinski definition) is 2. The van der Waals surface area contributed by atoms with Crippen LogP contribution in [0.2, 0.25) is 0 Å². The minimum Gasteiger partial charge on any atom is -0.393 e. The van der Waals surface area contributed by atoms with E-state index in [0.29, 0.717) is 18.5 Å². The molecular weight excluding hydrogens is 257 g/mol. The fourth-order valence-electron chi connectivity index (χ4n) is 2.24. The van der Waals surface area contributed by atoms with Crippen molar-refractivity contribution in [1.82, 2.24) is 5.32 Å². The molecule has 1 rings (SSSR count). The van der Waals surface area contributed by atoms with Crippen LogP contribution in [0.5, 0.6) is 0 Å². The van der Waals surface area contributed by atoms with Crippen LogP contribution in [-0.4, -0.2) is 23.7 Å². The maximum atomic E-state index is 13.8. The van der Waals surface area contributed by atoms with Gasteiger partial charge in [-0.05, 0) is 39.2 Å². The number of carbonyl (C=O) groups excluding carboxylic acids is 1. The van der Waals surface area contributed by atoms with Gasteiger partial charge >= 0.3 is 0 Å². The molecule has 1 amide bonds. The van der Waals surface area contributed by atoms with E-state index in [-0.39, 0.29) is 23.7 Å². The molecule has 2 atom stereocenters. The molecule has 3 nitrogen and oxygen atoms in total. The average molecular weight is 281 g/mol. The van der Waals surface area contributed by atoms with Crippen molar-refractivity contribution in [2.45, 2.75) is 45.6 Å². The Hall–Kier alpha value is -1.42. The molecule has 0 aliphatic heterocycles. The second-order valence-electron chi connectivity index (χ2n) is 6.00. The summed E-state index contributed by atoms with van der Waals surface area (Å²) in [5.41, 5.74) is -0.531. The third-order valence-corrected chi connectivity index (χ3v) is 3.47. The third-order valence-electron chi connectivity index (χ3n) is 3.47. The van der Waals surface area contributed by atoms with Crippen molar-refractivity contribution < 1.29 is 14.3 Å². The molecule has 1 aromatic rings. The molecule has 1 aromatic carbocycles. The van der Waals surface area contributed by atoms with Crippen LogP contribution in [0.15, 0.2) is 24.3 Å². The molecule has 0 heterocycles. The first-order valence-corrected chi connectivity index (χ1v) is 6.96. The molecule has 4 heteroatoms. The SMILES string of the molecule is CC(O)CC(C)CNC(=O)C(C)(C)c1ccccc1F. The summed E-state index contributed by atoms with van der Waals surface area (Å²) in [7, 11) is 0. The predicted octanol–water partition coefficient (Wildman–Crippen LogP) is 2.63. The molecule has 20 heavy (non-hydrogen) atoms. The summed E-state index contributed by atoms with van der Waals surface area (Å²) in [6.07, 6.45) is 0.238. The van der Waals surface area contributed by atoms with E-state index in [9.17, 15) is 14.3 Å². The quantitative estimate of drug-likeness (QED) is 0.842. The number of halogens is 1. The lowest BCUT2D eigenvalue weighted by molar-refractivity contribution is -0.126. The first-order chi connectivity index (χ1) is 9.25. The molecule has 2 unspecified atom stereocenters. The molecule has 0 saturated heterocycles. The molecule has 0 aromatic heterocycles. The van der Waals surface area contributed by atoms with Crippen LogP contribution in [-0.2, 0) is 10.2 Å². The van der Waals surface area contributed by atoms with Crippen molar-refractivity contribution in [2.24, 2.45) is 5.92 Å². The number of hydrogen-bond donors (Lipinski definition) is 2. The predicted molar refractivity (Wildman–Crippen MR) is 77.9 cm³/mol. The van der Waals surface area contributed by atoms with Gasteiger partial charge in [-0.15, -0.1) is 0 Å². The Balaban J connectivity index is 2.69. The van der Waals surface area contributed by atoms with Gasteiger partial charge in [0.2, 0.25) is 5.91 Å². The van der Waals surface area contributed by atoms with Gasteiger partial charge in [-0.3, -0.25) is 4.79 Å². The Bertz CT molecular complexity index is 458. The van der Waals surface area contributed by atoms with Crippen LogP contribution >= 0.6 is 0 Å². The summed E-state index contributed by atoms with van der Waals surface area (Å²) in [6.45, 7) is 7.58. The second kappa shape index (κ2) is 6.84. The fraction of sp³-hybridized carbons (Fsp3) is 0.562. The number of aliphatic hydroxyl groups is 1. The van der Waals surface area contributed by atoms with Gasteiger partial charge in [-0.25, -0.2) is 4.39 Å². The van der Waals surface area contributed by atoms with Crippen molar-refractivity contribution in [1.29, 1.82) is 0 Å². The summed E-state index contributed by atoms with van der Waals surface area (Å²) in [5, 5.41) is 12.1. The van der Waals surface area contributed by atoms with Gasteiger partial charge in [0.1, 0.15) is 5.82 Å². The van der Waals surface area contributed by atoms with E-state index in [2.05, 4.69) is 5.32 Å². The molecule has 0 bridgehead atoms. The normalized spacial score (nSPS) is 14.7. The standard InChI is InChI=1S/C16H24FNO2/c1-11(9-12(2)19)10-18-15(20)16(3,4)13-7-5-6-8-14(13)17/h5-8,11-12,19H,9-10H2,1-4H3,(H,18,20). The van der Waals surface area contributed by atoms with Crippen molar-refractivity contribution in [2.75, 3.05) is 6.54 Å². The van der Waals surface area contributed by atoms with E-state index in [1.807, 2.05) is 6.92 Å². The first kappa shape index (κ1) is 16.6. The molecule has 0 aliphatic carbocycles. The Labute approximate surface area is 120 Å². The molecule has 0 spiro atoms. The van der Waals surface area contributed by atoms with Crippen molar-refractivity contribution in [3.63, 3.8) is 0 Å². The van der Waals surface area contributed by atoms with Crippen LogP contribution < -0.4 is 5.32 Å². The van der Waals surface area contributed by atoms with Crippen LogP contribution in [0.25, 0.3) is 0 Å². The number of nitrogens with one attached hydrogen (secondary N) is 1. The highest BCUT2D eigenvalue weighted by Crippen LogP contribution is 2.25. The molecule has 112 valence electrons. The zero-order chi connectivity index (χ0) is 15.3. The lowest BCUT2D eigenvalue weighted by Crippen LogP contribution is -2.42. The third kappa shape index (κ3) is 4.30. The molecule has 0 aliphatic rings. The Kier molecular flexibility index (Phi) is 5.69. The summed E-state index contributed by atoms with van der Waals surface area (Å²) >= 11 is 0. The topological polar surface area (TPSA) is 49.3 Å². The van der Waals surface area contributed by atoms with Crippen LogP contribution in [0.3, 0.4) is 0 Å². The summed E-state index contributed by atoms with van der Waals surface area (Å²) in [6, 6.07) is 6.33. The van der Waals surface area contributed by atoms with Gasteiger partial charge in [0.05, 0.1) is 11.5 Å². The highest BCUT2D eigenvalue weighted by atomic mass is 19.1. The number of aliphatic hydroxyl groups excluding tert-OH is 1. The van der Waals surface area contributed by atoms with Gasteiger partial charge in [0, 0.05) is 12.1 Å². The fourth-order valence-corrected chi connectivity index (χ4v) is 2.24. The molecular formula is C16H24FNO2. The average Bonchev–Trinajstić information content (AvgIpc) is 2.35. The summed E-state index contributed by atoms with van der Waals surface area (Å²) < 4.78 is 13.8. The molecule has 2 N–H and O–H groups in total. The van der Waals surface area contributed by atoms with Gasteiger partial charge in [-0.2, -0.15) is 0 Å². The van der Waals surface area contributed by atoms with Crippen LogP contribution in [0.1, 0.15) is 39.7 Å². The zero-order valence-corrected chi connectivity index (χ0v) is 12.6. The second-order valence-corrected chi connectivity index (χ2v) is 6.00. The van der Waals surface area contributed by atoms with E-state index in [4.69, 9.17) is 0 Å². The van der Waals surface area contributed by atoms with Gasteiger partial charge < -0.3 is 10.4 Å². The lowest BCUT2D eigenvalue weighted by Gasteiger charge is -2.25. The molecule has 0 fully saturated rings. The largest absolute Gasteiger partial charge is 0.393 e. The van der Waals surface area contributed by atoms with Crippen molar-refractivity contribution in [3.8, 4) is 0 Å². The smallest absolute Gasteiger partial charge is 0.230 e. The van der Waals surface area contributed by atoms with Gasteiger partial charge in [0.25, 0.3) is 0 Å². The van der Waals surface area contributed by atoms with E-state index >= 15 is 0 Å². The Morgan fingerprint density at radius 3 is 2.50 bits per heavy atom. The highest BCUT2D eigenvalue weighted by Gasteiger charge is 2.32. The minimum absolute atomic E-state index is 0.176. The van der Waals surface area contributed by atoms with E-state index in [1.54, 1.807) is 39.0 Å². The Morgan fingerprint density at radius 2 is 1.95 bits per heavy atom. The maximum absolute atomic E-state index is 13.8. The Morgan fingerprint density at radius 1 is 1.35 bits per heavy atom. The highest BCUT2D eigenvalue weighted by molar-refractivity contribution is 5.87. The zero-order valence-electron chi connectivity index (χ0n) is 12.6. The lowest BCUT2D eigenvalue weighted by atomic mass is 9.83. The van der Waals surface area contributed by atoms with Crippen molar-refractivity contribution >= 4 is 5.91 Å². The maximum Gasteiger partial charge on any atom is 0.230 e. The van der Waals surface area contributed by atoms with Crippen LogP contribution in [0.4, 0.5) is 4.39 Å². The monoisotopic (exact) mass is 281 g/mol. The first-order valence-electron chi connectivity index (χ1n) is 6.96. The minimum atomic E-state index is -0.921. The summed E-state index contributed by atoms with van der Waals surface area (Å²) in [5.74, 6) is -0.403. The number of carbonyl (C=O) groups is 1. The number of amides is 1. The summed E-state index contributed by atoms with van der Waals surface area (Å²) in [4.78, 5) is 12.3. The molecule has 0 saturated carbocycles.